The van der Waals surface area contributed by atoms with E-state index in [1.54, 1.807) is 0 Å². The topological polar surface area (TPSA) is 29.3 Å². The molecule has 1 aromatic carbocycles. The van der Waals surface area contributed by atoms with E-state index in [-0.39, 0.29) is 5.41 Å². The summed E-state index contributed by atoms with van der Waals surface area (Å²) in [5.41, 5.74) is 9.15. The fourth-order valence-corrected chi connectivity index (χ4v) is 2.97. The molecule has 1 aliphatic carbocycles. The van der Waals surface area contributed by atoms with Gasteiger partial charge in [-0.2, -0.15) is 0 Å². The zero-order valence-corrected chi connectivity index (χ0v) is 11.9. The second-order valence-electron chi connectivity index (χ2n) is 6.18. The second kappa shape index (κ2) is 5.41. The Bertz CT molecular complexity index is 398. The van der Waals surface area contributed by atoms with E-state index in [0.717, 1.165) is 19.6 Å². The third-order valence-corrected chi connectivity index (χ3v) is 4.13. The molecule has 1 atom stereocenters. The van der Waals surface area contributed by atoms with Gasteiger partial charge in [0.25, 0.3) is 0 Å². The van der Waals surface area contributed by atoms with Crippen molar-refractivity contribution in [1.29, 1.82) is 0 Å². The summed E-state index contributed by atoms with van der Waals surface area (Å²) in [7, 11) is 0. The molecule has 100 valence electrons. The van der Waals surface area contributed by atoms with Gasteiger partial charge in [-0.1, -0.05) is 45.0 Å². The van der Waals surface area contributed by atoms with Gasteiger partial charge < -0.3 is 5.73 Å². The molecule has 2 nitrogen and oxygen atoms in total. The lowest BCUT2D eigenvalue weighted by Crippen LogP contribution is -2.40. The van der Waals surface area contributed by atoms with Gasteiger partial charge >= 0.3 is 0 Å². The van der Waals surface area contributed by atoms with Crippen LogP contribution in [0.5, 0.6) is 0 Å². The van der Waals surface area contributed by atoms with Crippen molar-refractivity contribution in [2.24, 2.45) is 11.1 Å². The molecule has 18 heavy (non-hydrogen) atoms. The van der Waals surface area contributed by atoms with Gasteiger partial charge in [0.2, 0.25) is 0 Å². The summed E-state index contributed by atoms with van der Waals surface area (Å²) in [6.07, 6.45) is 2.48. The van der Waals surface area contributed by atoms with Crippen LogP contribution in [0, 0.1) is 5.41 Å². The van der Waals surface area contributed by atoms with Gasteiger partial charge in [0, 0.05) is 12.6 Å². The number of nitrogens with two attached hydrogens (primary N) is 1. The van der Waals surface area contributed by atoms with Gasteiger partial charge in [-0.25, -0.2) is 0 Å². The van der Waals surface area contributed by atoms with E-state index in [2.05, 4.69) is 49.9 Å². The highest BCUT2D eigenvalue weighted by atomic mass is 15.2. The Hall–Kier alpha value is -0.860. The molecule has 0 amide bonds. The molecule has 0 heterocycles. The lowest BCUT2D eigenvalue weighted by Gasteiger charge is -2.35. The highest BCUT2D eigenvalue weighted by Gasteiger charge is 2.30. The molecule has 1 aromatic rings. The van der Waals surface area contributed by atoms with Crippen molar-refractivity contribution < 1.29 is 0 Å². The molecule has 0 spiro atoms. The normalized spacial score (nSPS) is 19.3. The molecule has 0 saturated carbocycles. The minimum atomic E-state index is 0.202. The van der Waals surface area contributed by atoms with E-state index in [9.17, 15) is 0 Å². The Morgan fingerprint density at radius 1 is 1.33 bits per heavy atom. The second-order valence-corrected chi connectivity index (χ2v) is 6.18. The van der Waals surface area contributed by atoms with E-state index in [1.807, 2.05) is 0 Å². The van der Waals surface area contributed by atoms with Crippen molar-refractivity contribution in [3.8, 4) is 0 Å². The van der Waals surface area contributed by atoms with E-state index in [0.29, 0.717) is 6.04 Å². The lowest BCUT2D eigenvalue weighted by molar-refractivity contribution is 0.138. The maximum Gasteiger partial charge on any atom is 0.0354 e. The number of hydrogen-bond donors (Lipinski definition) is 1. The molecule has 2 rings (SSSR count). The van der Waals surface area contributed by atoms with Crippen LogP contribution in [0.2, 0.25) is 0 Å². The highest BCUT2D eigenvalue weighted by Crippen LogP contribution is 2.36. The van der Waals surface area contributed by atoms with E-state index < -0.39 is 0 Å². The average Bonchev–Trinajstić information content (AvgIpc) is 2.80. The first-order chi connectivity index (χ1) is 8.57. The van der Waals surface area contributed by atoms with Gasteiger partial charge in [-0.05, 0) is 42.5 Å². The van der Waals surface area contributed by atoms with Crippen LogP contribution in [0.1, 0.15) is 44.4 Å². The maximum atomic E-state index is 5.88. The molecule has 0 saturated heterocycles. The van der Waals surface area contributed by atoms with Gasteiger partial charge in [0.15, 0.2) is 0 Å². The zero-order chi connectivity index (χ0) is 13.2. The number of aryl methyl sites for hydroxylation is 1. The molecule has 2 N–H and O–H groups in total. The predicted octanol–water partition coefficient (Wildman–Crippen LogP) is 2.98. The van der Waals surface area contributed by atoms with Crippen molar-refractivity contribution in [3.05, 3.63) is 35.4 Å². The van der Waals surface area contributed by atoms with Crippen molar-refractivity contribution in [1.82, 2.24) is 4.90 Å². The van der Waals surface area contributed by atoms with Crippen LogP contribution in [0.25, 0.3) is 0 Å². The number of rotatable bonds is 5. The molecule has 0 radical (unpaired) electrons. The van der Waals surface area contributed by atoms with E-state index in [4.69, 9.17) is 5.73 Å². The largest absolute Gasteiger partial charge is 0.330 e. The summed E-state index contributed by atoms with van der Waals surface area (Å²) in [6, 6.07) is 9.49. The van der Waals surface area contributed by atoms with Crippen molar-refractivity contribution >= 4 is 0 Å². The predicted molar refractivity (Wildman–Crippen MR) is 77.6 cm³/mol. The summed E-state index contributed by atoms with van der Waals surface area (Å²) in [4.78, 5) is 2.60. The van der Waals surface area contributed by atoms with Gasteiger partial charge in [-0.15, -0.1) is 0 Å². The summed E-state index contributed by atoms with van der Waals surface area (Å²) in [5, 5.41) is 0. The Labute approximate surface area is 111 Å². The monoisotopic (exact) mass is 246 g/mol. The number of nitrogens with zero attached hydrogens (tertiary/aromatic N) is 1. The zero-order valence-electron chi connectivity index (χ0n) is 11.9. The highest BCUT2D eigenvalue weighted by molar-refractivity contribution is 5.34. The molecular formula is C16H26N2. The minimum Gasteiger partial charge on any atom is -0.330 e. The van der Waals surface area contributed by atoms with Crippen LogP contribution in [-0.4, -0.2) is 24.5 Å². The van der Waals surface area contributed by atoms with Crippen LogP contribution < -0.4 is 5.73 Å². The molecular weight excluding hydrogens is 220 g/mol. The Morgan fingerprint density at radius 3 is 2.72 bits per heavy atom. The summed E-state index contributed by atoms with van der Waals surface area (Å²) < 4.78 is 0. The first-order valence-electron chi connectivity index (χ1n) is 7.09. The molecule has 0 aromatic heterocycles. The third kappa shape index (κ3) is 2.76. The Kier molecular flexibility index (Phi) is 4.08. The minimum absolute atomic E-state index is 0.202. The van der Waals surface area contributed by atoms with Gasteiger partial charge in [-0.3, -0.25) is 4.90 Å². The van der Waals surface area contributed by atoms with Gasteiger partial charge in [0.05, 0.1) is 0 Å². The van der Waals surface area contributed by atoms with Crippen LogP contribution in [0.15, 0.2) is 24.3 Å². The molecule has 1 unspecified atom stereocenters. The third-order valence-electron chi connectivity index (χ3n) is 4.13. The summed E-state index contributed by atoms with van der Waals surface area (Å²) >= 11 is 0. The fraction of sp³-hybridized carbons (Fsp3) is 0.625. The van der Waals surface area contributed by atoms with Gasteiger partial charge in [0.1, 0.15) is 0 Å². The van der Waals surface area contributed by atoms with Crippen molar-refractivity contribution in [3.63, 3.8) is 0 Å². The Balaban J connectivity index is 2.15. The SMILES string of the molecule is CCN(CC(C)(C)CN)C1CCc2ccccc21. The van der Waals surface area contributed by atoms with E-state index >= 15 is 0 Å². The number of fused-ring (bicyclic) bond motifs is 1. The van der Waals surface area contributed by atoms with Crippen LogP contribution in [-0.2, 0) is 6.42 Å². The average molecular weight is 246 g/mol. The molecule has 0 fully saturated rings. The Morgan fingerprint density at radius 2 is 2.06 bits per heavy atom. The summed E-state index contributed by atoms with van der Waals surface area (Å²) in [5.74, 6) is 0. The maximum absolute atomic E-state index is 5.88. The first-order valence-corrected chi connectivity index (χ1v) is 7.09. The molecule has 0 aliphatic heterocycles. The molecule has 2 heteroatoms. The molecule has 1 aliphatic rings. The quantitative estimate of drug-likeness (QED) is 0.865. The van der Waals surface area contributed by atoms with Crippen LogP contribution >= 0.6 is 0 Å². The van der Waals surface area contributed by atoms with Crippen molar-refractivity contribution in [2.75, 3.05) is 19.6 Å². The number of hydrogen-bond acceptors (Lipinski definition) is 2. The standard InChI is InChI=1S/C16H26N2/c1-4-18(12-16(2,3)11-17)15-10-9-13-7-5-6-8-14(13)15/h5-8,15H,4,9-12,17H2,1-3H3. The first kappa shape index (κ1) is 13.6. The van der Waals surface area contributed by atoms with E-state index in [1.165, 1.54) is 24.0 Å². The smallest absolute Gasteiger partial charge is 0.0354 e. The van der Waals surface area contributed by atoms with Crippen molar-refractivity contribution in [2.45, 2.75) is 39.7 Å². The van der Waals surface area contributed by atoms with Crippen LogP contribution in [0.3, 0.4) is 0 Å². The number of benzene rings is 1. The lowest BCUT2D eigenvalue weighted by atomic mass is 9.92. The van der Waals surface area contributed by atoms with Crippen LogP contribution in [0.4, 0.5) is 0 Å². The summed E-state index contributed by atoms with van der Waals surface area (Å²) in [6.45, 7) is 9.71. The fourth-order valence-electron chi connectivity index (χ4n) is 2.97. The molecule has 0 bridgehead atoms.